The first kappa shape index (κ1) is 17.4. The highest BCUT2D eigenvalue weighted by Crippen LogP contribution is 2.44. The summed E-state index contributed by atoms with van der Waals surface area (Å²) in [6.07, 6.45) is 4.83. The molecule has 5 nitrogen and oxygen atoms in total. The number of nitrogens with one attached hydrogen (secondary N) is 2. The van der Waals surface area contributed by atoms with Gasteiger partial charge in [-0.2, -0.15) is 0 Å². The molecule has 1 amide bonds. The number of rotatable bonds is 8. The molecule has 1 aromatic rings. The molecule has 0 bridgehead atoms. The maximum Gasteiger partial charge on any atom is 0.251 e. The van der Waals surface area contributed by atoms with Crippen LogP contribution in [-0.2, 0) is 10.0 Å². The van der Waals surface area contributed by atoms with Crippen LogP contribution >= 0.6 is 0 Å². The highest BCUT2D eigenvalue weighted by atomic mass is 32.2. The Morgan fingerprint density at radius 2 is 1.62 bits per heavy atom. The van der Waals surface area contributed by atoms with E-state index in [9.17, 15) is 13.2 Å². The molecule has 2 aliphatic carbocycles. The lowest BCUT2D eigenvalue weighted by molar-refractivity contribution is 0.0926. The van der Waals surface area contributed by atoms with Crippen molar-refractivity contribution in [1.82, 2.24) is 10.0 Å². The fourth-order valence-corrected chi connectivity index (χ4v) is 4.12. The normalized spacial score (nSPS) is 18.2. The predicted molar refractivity (Wildman–Crippen MR) is 93.2 cm³/mol. The molecule has 0 heterocycles. The molecule has 0 saturated heterocycles. The zero-order valence-electron chi connectivity index (χ0n) is 14.3. The minimum atomic E-state index is -3.51. The maximum absolute atomic E-state index is 12.4. The molecule has 132 valence electrons. The number of benzene rings is 1. The monoisotopic (exact) mass is 350 g/mol. The lowest BCUT2D eigenvalue weighted by atomic mass is 10.1. The van der Waals surface area contributed by atoms with Gasteiger partial charge in [-0.3, -0.25) is 4.79 Å². The van der Waals surface area contributed by atoms with Gasteiger partial charge in [0.15, 0.2) is 0 Å². The van der Waals surface area contributed by atoms with E-state index in [1.165, 1.54) is 37.8 Å². The Balaban J connectivity index is 1.64. The quantitative estimate of drug-likeness (QED) is 0.756. The van der Waals surface area contributed by atoms with E-state index in [0.29, 0.717) is 30.0 Å². The summed E-state index contributed by atoms with van der Waals surface area (Å²) in [7, 11) is -3.51. The molecule has 0 radical (unpaired) electrons. The number of sulfonamides is 1. The van der Waals surface area contributed by atoms with Gasteiger partial charge in [0.1, 0.15) is 0 Å². The van der Waals surface area contributed by atoms with E-state index in [4.69, 9.17) is 0 Å². The molecule has 3 rings (SSSR count). The third-order valence-electron chi connectivity index (χ3n) is 4.67. The average Bonchev–Trinajstić information content (AvgIpc) is 3.44. The van der Waals surface area contributed by atoms with Crippen molar-refractivity contribution in [2.75, 3.05) is 6.54 Å². The summed E-state index contributed by atoms with van der Waals surface area (Å²) in [5.74, 6) is 1.42. The topological polar surface area (TPSA) is 75.3 Å². The van der Waals surface area contributed by atoms with E-state index in [0.717, 1.165) is 0 Å². The number of hydrogen-bond donors (Lipinski definition) is 2. The van der Waals surface area contributed by atoms with Gasteiger partial charge < -0.3 is 5.32 Å². The van der Waals surface area contributed by atoms with E-state index in [1.807, 2.05) is 13.8 Å². The lowest BCUT2D eigenvalue weighted by Gasteiger charge is -2.17. The smallest absolute Gasteiger partial charge is 0.251 e. The average molecular weight is 350 g/mol. The van der Waals surface area contributed by atoms with Crippen molar-refractivity contribution in [3.8, 4) is 0 Å². The number of carbonyl (C=O) groups excluding carboxylic acids is 1. The zero-order valence-corrected chi connectivity index (χ0v) is 15.1. The molecule has 0 unspecified atom stereocenters. The Labute approximate surface area is 144 Å². The van der Waals surface area contributed by atoms with Crippen molar-refractivity contribution in [1.29, 1.82) is 0 Å². The summed E-state index contributed by atoms with van der Waals surface area (Å²) in [5.41, 5.74) is 0.518. The molecule has 6 heteroatoms. The SMILES string of the molecule is CC(C)CNS(=O)(=O)c1ccc(C(=O)NC(C2CC2)C2CC2)cc1. The van der Waals surface area contributed by atoms with Crippen molar-refractivity contribution >= 4 is 15.9 Å². The third kappa shape index (κ3) is 4.36. The molecular formula is C18H26N2O3S. The largest absolute Gasteiger partial charge is 0.349 e. The maximum atomic E-state index is 12.4. The zero-order chi connectivity index (χ0) is 17.3. The van der Waals surface area contributed by atoms with Gasteiger partial charge in [0.25, 0.3) is 5.91 Å². The highest BCUT2D eigenvalue weighted by molar-refractivity contribution is 7.89. The van der Waals surface area contributed by atoms with Crippen molar-refractivity contribution in [3.05, 3.63) is 29.8 Å². The Morgan fingerprint density at radius 3 is 2.08 bits per heavy atom. The summed E-state index contributed by atoms with van der Waals surface area (Å²) in [5, 5.41) is 3.15. The van der Waals surface area contributed by atoms with Gasteiger partial charge in [-0.15, -0.1) is 0 Å². The van der Waals surface area contributed by atoms with Crippen molar-refractivity contribution in [3.63, 3.8) is 0 Å². The van der Waals surface area contributed by atoms with Crippen LogP contribution in [-0.4, -0.2) is 26.9 Å². The van der Waals surface area contributed by atoms with Crippen molar-refractivity contribution in [2.45, 2.75) is 50.5 Å². The van der Waals surface area contributed by atoms with Crippen LogP contribution in [0.5, 0.6) is 0 Å². The van der Waals surface area contributed by atoms with Gasteiger partial charge in [0.05, 0.1) is 4.90 Å². The molecule has 24 heavy (non-hydrogen) atoms. The number of amides is 1. The van der Waals surface area contributed by atoms with Gasteiger partial charge in [-0.25, -0.2) is 13.1 Å². The molecular weight excluding hydrogens is 324 g/mol. The molecule has 0 aromatic heterocycles. The van der Waals surface area contributed by atoms with Crippen LogP contribution in [0.3, 0.4) is 0 Å². The number of carbonyl (C=O) groups is 1. The van der Waals surface area contributed by atoms with E-state index in [1.54, 1.807) is 12.1 Å². The molecule has 2 N–H and O–H groups in total. The molecule has 2 saturated carbocycles. The second-order valence-electron chi connectivity index (χ2n) is 7.44. The van der Waals surface area contributed by atoms with E-state index in [-0.39, 0.29) is 16.7 Å². The summed E-state index contributed by atoms with van der Waals surface area (Å²) < 4.78 is 26.9. The summed E-state index contributed by atoms with van der Waals surface area (Å²) in [4.78, 5) is 12.6. The van der Waals surface area contributed by atoms with Crippen LogP contribution < -0.4 is 10.0 Å². The standard InChI is InChI=1S/C18H26N2O3S/c1-12(2)11-19-24(22,23)16-9-7-15(8-10-16)18(21)20-17(13-3-4-13)14-5-6-14/h7-10,12-14,17,19H,3-6,11H2,1-2H3,(H,20,21). The second kappa shape index (κ2) is 6.84. The van der Waals surface area contributed by atoms with Crippen LogP contribution in [0.2, 0.25) is 0 Å². The van der Waals surface area contributed by atoms with Gasteiger partial charge in [0.2, 0.25) is 10.0 Å². The molecule has 0 spiro atoms. The molecule has 2 fully saturated rings. The first-order valence-electron chi connectivity index (χ1n) is 8.77. The van der Waals surface area contributed by atoms with E-state index in [2.05, 4.69) is 10.0 Å². The summed E-state index contributed by atoms with van der Waals surface area (Å²) in [6.45, 7) is 4.30. The minimum Gasteiger partial charge on any atom is -0.349 e. The fourth-order valence-electron chi connectivity index (χ4n) is 2.91. The van der Waals surface area contributed by atoms with Gasteiger partial charge >= 0.3 is 0 Å². The Kier molecular flexibility index (Phi) is 4.97. The molecule has 1 aromatic carbocycles. The van der Waals surface area contributed by atoms with Crippen molar-refractivity contribution in [2.24, 2.45) is 17.8 Å². The first-order chi connectivity index (χ1) is 11.4. The van der Waals surface area contributed by atoms with Gasteiger partial charge in [-0.05, 0) is 67.7 Å². The third-order valence-corrected chi connectivity index (χ3v) is 6.11. The Bertz CT molecular complexity index is 677. The van der Waals surface area contributed by atoms with Crippen LogP contribution in [0.4, 0.5) is 0 Å². The fraction of sp³-hybridized carbons (Fsp3) is 0.611. The molecule has 0 aliphatic heterocycles. The van der Waals surface area contributed by atoms with Crippen molar-refractivity contribution < 1.29 is 13.2 Å². The second-order valence-corrected chi connectivity index (χ2v) is 9.21. The highest BCUT2D eigenvalue weighted by Gasteiger charge is 2.42. The molecule has 0 atom stereocenters. The summed E-state index contributed by atoms with van der Waals surface area (Å²) in [6, 6.07) is 6.49. The number of hydrogen-bond acceptors (Lipinski definition) is 3. The summed E-state index contributed by atoms with van der Waals surface area (Å²) >= 11 is 0. The minimum absolute atomic E-state index is 0.0992. The van der Waals surface area contributed by atoms with Crippen LogP contribution in [0.15, 0.2) is 29.2 Å². The van der Waals surface area contributed by atoms with E-state index < -0.39 is 10.0 Å². The van der Waals surface area contributed by atoms with Gasteiger partial charge in [0, 0.05) is 18.2 Å². The van der Waals surface area contributed by atoms with Crippen LogP contribution in [0.25, 0.3) is 0 Å². The van der Waals surface area contributed by atoms with Gasteiger partial charge in [-0.1, -0.05) is 13.8 Å². The van der Waals surface area contributed by atoms with E-state index >= 15 is 0 Å². The predicted octanol–water partition coefficient (Wildman–Crippen LogP) is 2.54. The molecule has 2 aliphatic rings. The van der Waals surface area contributed by atoms with Crippen LogP contribution in [0, 0.1) is 17.8 Å². The van der Waals surface area contributed by atoms with Crippen LogP contribution in [0.1, 0.15) is 49.9 Å². The Hall–Kier alpha value is -1.40. The Morgan fingerprint density at radius 1 is 1.08 bits per heavy atom. The first-order valence-corrected chi connectivity index (χ1v) is 10.3. The lowest BCUT2D eigenvalue weighted by Crippen LogP contribution is -2.38.